The largest absolute Gasteiger partial charge is 0.507 e. The molecule has 5 rings (SSSR count). The number of phenolic OH excluding ortho intramolecular Hbond substituents is 2. The number of carbonyl (C=O) groups is 2. The maximum Gasteiger partial charge on any atom is 0.202 e. The smallest absolute Gasteiger partial charge is 0.202 e. The minimum absolute atomic E-state index is 0.0153. The zero-order valence-corrected chi connectivity index (χ0v) is 17.9. The lowest BCUT2D eigenvalue weighted by molar-refractivity contribution is -0.214. The van der Waals surface area contributed by atoms with Crippen LogP contribution in [0.1, 0.15) is 68.3 Å². The fourth-order valence-electron chi connectivity index (χ4n) is 4.98. The predicted molar refractivity (Wildman–Crippen MR) is 113 cm³/mol. The van der Waals surface area contributed by atoms with E-state index in [0.29, 0.717) is 12.8 Å². The Morgan fingerprint density at radius 3 is 2.42 bits per heavy atom. The Balaban J connectivity index is 1.64. The van der Waals surface area contributed by atoms with Crippen molar-refractivity contribution >= 4 is 11.6 Å². The molecule has 0 aromatic heterocycles. The van der Waals surface area contributed by atoms with Gasteiger partial charge in [0, 0.05) is 36.0 Å². The first-order chi connectivity index (χ1) is 15.8. The van der Waals surface area contributed by atoms with Gasteiger partial charge in [-0.05, 0) is 12.5 Å². The Morgan fingerprint density at radius 1 is 0.970 bits per heavy atom. The molecule has 1 aliphatic heterocycles. The van der Waals surface area contributed by atoms with Crippen molar-refractivity contribution in [3.8, 4) is 17.2 Å². The molecule has 9 heteroatoms. The SMILES string of the molecule is COc1cccc2c1C(=O)c1c(O)c3c(c(O)c1C2=O)C[C@H](O)C[C@@H]3O[C@H]1CC[C@H](O)CO1. The topological polar surface area (TPSA) is 143 Å². The molecule has 3 aliphatic rings. The van der Waals surface area contributed by atoms with Crippen molar-refractivity contribution in [2.75, 3.05) is 13.7 Å². The molecule has 1 fully saturated rings. The maximum atomic E-state index is 13.4. The number of aromatic hydroxyl groups is 2. The number of hydrogen-bond donors (Lipinski definition) is 4. The van der Waals surface area contributed by atoms with Crippen molar-refractivity contribution in [3.05, 3.63) is 51.6 Å². The number of ketones is 2. The summed E-state index contributed by atoms with van der Waals surface area (Å²) in [6.07, 6.45) is -2.10. The maximum absolute atomic E-state index is 13.4. The summed E-state index contributed by atoms with van der Waals surface area (Å²) in [5.74, 6) is -1.98. The number of benzene rings is 2. The van der Waals surface area contributed by atoms with Gasteiger partial charge in [0.2, 0.25) is 5.78 Å². The van der Waals surface area contributed by atoms with E-state index in [1.54, 1.807) is 12.1 Å². The van der Waals surface area contributed by atoms with Crippen LogP contribution in [0.5, 0.6) is 17.2 Å². The third kappa shape index (κ3) is 3.39. The average Bonchev–Trinajstić information content (AvgIpc) is 2.80. The van der Waals surface area contributed by atoms with E-state index in [2.05, 4.69) is 0 Å². The number of ether oxygens (including phenoxy) is 3. The number of aliphatic hydroxyl groups is 2. The van der Waals surface area contributed by atoms with Gasteiger partial charge in [0.15, 0.2) is 12.1 Å². The number of aliphatic hydroxyl groups excluding tert-OH is 2. The first-order valence-corrected chi connectivity index (χ1v) is 10.8. The van der Waals surface area contributed by atoms with E-state index >= 15 is 0 Å². The number of methoxy groups -OCH3 is 1. The second kappa shape index (κ2) is 8.11. The molecular weight excluding hydrogens is 432 g/mol. The first-order valence-electron chi connectivity index (χ1n) is 10.8. The Morgan fingerprint density at radius 2 is 1.73 bits per heavy atom. The number of fused-ring (bicyclic) bond motifs is 3. The van der Waals surface area contributed by atoms with Crippen molar-refractivity contribution in [2.24, 2.45) is 0 Å². The summed E-state index contributed by atoms with van der Waals surface area (Å²) >= 11 is 0. The monoisotopic (exact) mass is 456 g/mol. The van der Waals surface area contributed by atoms with E-state index in [9.17, 15) is 30.0 Å². The quantitative estimate of drug-likeness (QED) is 0.433. The molecule has 2 aromatic carbocycles. The minimum atomic E-state index is -0.901. The Hall–Kier alpha value is -2.98. The molecule has 0 bridgehead atoms. The Bertz CT molecular complexity index is 1150. The van der Waals surface area contributed by atoms with Gasteiger partial charge in [0.05, 0.1) is 48.7 Å². The van der Waals surface area contributed by atoms with Crippen LogP contribution in [0.4, 0.5) is 0 Å². The molecule has 2 aliphatic carbocycles. The lowest BCUT2D eigenvalue weighted by atomic mass is 9.76. The van der Waals surface area contributed by atoms with Crippen molar-refractivity contribution in [3.63, 3.8) is 0 Å². The van der Waals surface area contributed by atoms with Crippen LogP contribution in [0, 0.1) is 0 Å². The molecular formula is C24H24O9. The Kier molecular flexibility index (Phi) is 5.37. The van der Waals surface area contributed by atoms with E-state index < -0.39 is 47.7 Å². The summed E-state index contributed by atoms with van der Waals surface area (Å²) in [5, 5.41) is 42.4. The molecule has 0 radical (unpaired) electrons. The molecule has 4 atom stereocenters. The van der Waals surface area contributed by atoms with Crippen LogP contribution in [0.15, 0.2) is 18.2 Å². The summed E-state index contributed by atoms with van der Waals surface area (Å²) in [5.41, 5.74) is -0.186. The second-order valence-corrected chi connectivity index (χ2v) is 8.59. The standard InChI is InChI=1S/C24H24O9/c1-31-14-4-2-3-12-17(14)23(29)20-19(21(12)27)22(28)13-7-11(26)8-15(18(13)24(20)30)33-16-6-5-10(25)9-32-16/h2-4,10-11,15-16,25-26,28,30H,5-9H2,1H3/t10-,11-,15-,16-/m0/s1. The molecule has 1 saturated heterocycles. The van der Waals surface area contributed by atoms with Crippen LogP contribution in [-0.2, 0) is 15.9 Å². The number of carbonyl (C=O) groups excluding carboxylic acids is 2. The van der Waals surface area contributed by atoms with Gasteiger partial charge in [-0.3, -0.25) is 9.59 Å². The van der Waals surface area contributed by atoms with Gasteiger partial charge in [0.1, 0.15) is 17.2 Å². The van der Waals surface area contributed by atoms with Crippen LogP contribution in [0.3, 0.4) is 0 Å². The van der Waals surface area contributed by atoms with Crippen LogP contribution >= 0.6 is 0 Å². The van der Waals surface area contributed by atoms with Crippen molar-refractivity contribution in [2.45, 2.75) is 50.3 Å². The highest BCUT2D eigenvalue weighted by Gasteiger charge is 2.43. The van der Waals surface area contributed by atoms with E-state index in [4.69, 9.17) is 14.2 Å². The summed E-state index contributed by atoms with van der Waals surface area (Å²) in [4.78, 5) is 26.7. The molecule has 9 nitrogen and oxygen atoms in total. The molecule has 0 amide bonds. The molecule has 4 N–H and O–H groups in total. The lowest BCUT2D eigenvalue weighted by Crippen LogP contribution is -2.35. The fraction of sp³-hybridized carbons (Fsp3) is 0.417. The third-order valence-electron chi connectivity index (χ3n) is 6.54. The molecule has 0 saturated carbocycles. The molecule has 0 unspecified atom stereocenters. The molecule has 33 heavy (non-hydrogen) atoms. The highest BCUT2D eigenvalue weighted by Crippen LogP contribution is 2.50. The summed E-state index contributed by atoms with van der Waals surface area (Å²) in [7, 11) is 1.37. The van der Waals surface area contributed by atoms with Gasteiger partial charge in [-0.15, -0.1) is 0 Å². The molecule has 174 valence electrons. The Labute approximate surface area is 189 Å². The molecule has 2 aromatic rings. The van der Waals surface area contributed by atoms with Crippen LogP contribution < -0.4 is 4.74 Å². The van der Waals surface area contributed by atoms with Gasteiger partial charge in [-0.25, -0.2) is 0 Å². The van der Waals surface area contributed by atoms with Crippen molar-refractivity contribution in [1.82, 2.24) is 0 Å². The minimum Gasteiger partial charge on any atom is -0.507 e. The lowest BCUT2D eigenvalue weighted by Gasteiger charge is -2.36. The zero-order chi connectivity index (χ0) is 23.4. The van der Waals surface area contributed by atoms with Crippen molar-refractivity contribution in [1.29, 1.82) is 0 Å². The molecule has 0 spiro atoms. The normalized spacial score (nSPS) is 26.4. The second-order valence-electron chi connectivity index (χ2n) is 8.59. The molecule has 1 heterocycles. The van der Waals surface area contributed by atoms with Crippen LogP contribution in [0.2, 0.25) is 0 Å². The highest BCUT2D eigenvalue weighted by atomic mass is 16.7. The number of phenols is 2. The highest BCUT2D eigenvalue weighted by molar-refractivity contribution is 6.31. The van der Waals surface area contributed by atoms with E-state index in [1.807, 2.05) is 0 Å². The predicted octanol–water partition coefficient (Wildman–Crippen LogP) is 1.74. The summed E-state index contributed by atoms with van der Waals surface area (Å²) < 4.78 is 16.8. The van der Waals surface area contributed by atoms with Crippen LogP contribution in [0.25, 0.3) is 0 Å². The van der Waals surface area contributed by atoms with E-state index in [1.165, 1.54) is 13.2 Å². The first kappa shape index (κ1) is 21.8. The van der Waals surface area contributed by atoms with Crippen molar-refractivity contribution < 1.29 is 44.2 Å². The number of rotatable bonds is 3. The van der Waals surface area contributed by atoms with Gasteiger partial charge in [0.25, 0.3) is 0 Å². The van der Waals surface area contributed by atoms with Gasteiger partial charge in [-0.1, -0.05) is 12.1 Å². The van der Waals surface area contributed by atoms with Gasteiger partial charge >= 0.3 is 0 Å². The number of hydrogen-bond acceptors (Lipinski definition) is 9. The van der Waals surface area contributed by atoms with Crippen LogP contribution in [-0.4, -0.2) is 64.2 Å². The summed E-state index contributed by atoms with van der Waals surface area (Å²) in [6, 6.07) is 4.58. The summed E-state index contributed by atoms with van der Waals surface area (Å²) in [6.45, 7) is 0.0950. The average molecular weight is 456 g/mol. The van der Waals surface area contributed by atoms with E-state index in [0.717, 1.165) is 0 Å². The van der Waals surface area contributed by atoms with Gasteiger partial charge in [-0.2, -0.15) is 0 Å². The van der Waals surface area contributed by atoms with Gasteiger partial charge < -0.3 is 34.6 Å². The van der Waals surface area contributed by atoms with E-state index in [-0.39, 0.29) is 58.6 Å². The third-order valence-corrected chi connectivity index (χ3v) is 6.54. The fourth-order valence-corrected chi connectivity index (χ4v) is 4.98. The zero-order valence-electron chi connectivity index (χ0n) is 17.9.